The first kappa shape index (κ1) is 23.4. The first-order valence-electron chi connectivity index (χ1n) is 10.6. The minimum Gasteiger partial charge on any atom is -0.497 e. The number of ether oxygens (including phenoxy) is 3. The summed E-state index contributed by atoms with van der Waals surface area (Å²) in [5, 5.41) is 8.96. The van der Waals surface area contributed by atoms with Crippen LogP contribution >= 0.6 is 11.8 Å². The molecule has 0 amide bonds. The van der Waals surface area contributed by atoms with Gasteiger partial charge < -0.3 is 14.2 Å². The standard InChI is InChI=1S/C23H24F3N3O3S/c1-30-18-8-10-19(11-9-18)32-14-21-27-28-22(33-15-20-7-2-3-12-31-20)29(21)17-6-4-5-16(13-17)23(24,25)26/h4-6,8-11,13,20H,2-3,7,12,14-15H2,1H3. The number of thioether (sulfide) groups is 1. The van der Waals surface area contributed by atoms with E-state index in [9.17, 15) is 13.2 Å². The van der Waals surface area contributed by atoms with E-state index in [0.29, 0.717) is 33.9 Å². The molecule has 0 spiro atoms. The van der Waals surface area contributed by atoms with Crippen LogP contribution in [0.25, 0.3) is 5.69 Å². The maximum atomic E-state index is 13.3. The molecular weight excluding hydrogens is 455 g/mol. The van der Waals surface area contributed by atoms with Gasteiger partial charge in [-0.05, 0) is 61.7 Å². The smallest absolute Gasteiger partial charge is 0.416 e. The normalized spacial score (nSPS) is 16.5. The summed E-state index contributed by atoms with van der Waals surface area (Å²) in [5.41, 5.74) is -0.405. The average molecular weight is 480 g/mol. The lowest BCUT2D eigenvalue weighted by molar-refractivity contribution is -0.137. The second kappa shape index (κ2) is 10.5. The lowest BCUT2D eigenvalue weighted by Gasteiger charge is -2.22. The first-order valence-corrected chi connectivity index (χ1v) is 11.6. The Kier molecular flexibility index (Phi) is 7.44. The van der Waals surface area contributed by atoms with Gasteiger partial charge in [0, 0.05) is 12.4 Å². The molecule has 1 aliphatic heterocycles. The van der Waals surface area contributed by atoms with Crippen molar-refractivity contribution in [3.63, 3.8) is 0 Å². The van der Waals surface area contributed by atoms with Crippen LogP contribution in [0.3, 0.4) is 0 Å². The third-order valence-corrected chi connectivity index (χ3v) is 6.29. The van der Waals surface area contributed by atoms with Gasteiger partial charge in [-0.1, -0.05) is 17.8 Å². The molecule has 0 bridgehead atoms. The van der Waals surface area contributed by atoms with Crippen LogP contribution in [0.4, 0.5) is 13.2 Å². The number of hydrogen-bond donors (Lipinski definition) is 0. The van der Waals surface area contributed by atoms with Gasteiger partial charge in [0.25, 0.3) is 0 Å². The van der Waals surface area contributed by atoms with E-state index in [1.54, 1.807) is 42.0 Å². The molecule has 4 rings (SSSR count). The van der Waals surface area contributed by atoms with E-state index in [4.69, 9.17) is 14.2 Å². The van der Waals surface area contributed by atoms with E-state index < -0.39 is 11.7 Å². The fraction of sp³-hybridized carbons (Fsp3) is 0.391. The van der Waals surface area contributed by atoms with Gasteiger partial charge in [-0.3, -0.25) is 4.57 Å². The molecule has 176 valence electrons. The van der Waals surface area contributed by atoms with Gasteiger partial charge in [-0.15, -0.1) is 10.2 Å². The Morgan fingerprint density at radius 2 is 1.88 bits per heavy atom. The molecule has 0 N–H and O–H groups in total. The summed E-state index contributed by atoms with van der Waals surface area (Å²) in [5.74, 6) is 2.32. The van der Waals surface area contributed by atoms with E-state index >= 15 is 0 Å². The minimum atomic E-state index is -4.45. The van der Waals surface area contributed by atoms with Gasteiger partial charge in [-0.25, -0.2) is 0 Å². The minimum absolute atomic E-state index is 0.0378. The molecule has 0 aliphatic carbocycles. The summed E-state index contributed by atoms with van der Waals surface area (Å²) in [6.45, 7) is 0.766. The van der Waals surface area contributed by atoms with Crippen molar-refractivity contribution < 1.29 is 27.4 Å². The third-order valence-electron chi connectivity index (χ3n) is 5.23. The van der Waals surface area contributed by atoms with Gasteiger partial charge in [0.15, 0.2) is 11.0 Å². The average Bonchev–Trinajstić information content (AvgIpc) is 3.25. The Labute approximate surface area is 194 Å². The number of halogens is 3. The zero-order chi connectivity index (χ0) is 23.3. The zero-order valence-electron chi connectivity index (χ0n) is 18.0. The highest BCUT2D eigenvalue weighted by molar-refractivity contribution is 7.99. The zero-order valence-corrected chi connectivity index (χ0v) is 18.9. The molecule has 1 atom stereocenters. The number of benzene rings is 2. The molecule has 10 heteroatoms. The van der Waals surface area contributed by atoms with Crippen molar-refractivity contribution >= 4 is 11.8 Å². The highest BCUT2D eigenvalue weighted by Gasteiger charge is 2.31. The maximum Gasteiger partial charge on any atom is 0.416 e. The molecule has 1 unspecified atom stereocenters. The van der Waals surface area contributed by atoms with Crippen LogP contribution in [-0.2, 0) is 17.5 Å². The maximum absolute atomic E-state index is 13.3. The number of aromatic nitrogens is 3. The highest BCUT2D eigenvalue weighted by Crippen LogP contribution is 2.32. The fourth-order valence-electron chi connectivity index (χ4n) is 3.49. The molecule has 1 aliphatic rings. The van der Waals surface area contributed by atoms with Crippen molar-refractivity contribution in [3.05, 3.63) is 59.9 Å². The highest BCUT2D eigenvalue weighted by atomic mass is 32.2. The molecule has 1 saturated heterocycles. The van der Waals surface area contributed by atoms with Crippen LogP contribution in [0, 0.1) is 0 Å². The Hall–Kier alpha value is -2.72. The van der Waals surface area contributed by atoms with Gasteiger partial charge in [0.05, 0.1) is 24.5 Å². The van der Waals surface area contributed by atoms with Crippen LogP contribution in [0.15, 0.2) is 53.7 Å². The molecular formula is C23H24F3N3O3S. The van der Waals surface area contributed by atoms with Crippen LogP contribution in [0.2, 0.25) is 0 Å². The fourth-order valence-corrected chi connectivity index (χ4v) is 4.53. The van der Waals surface area contributed by atoms with Crippen molar-refractivity contribution in [1.82, 2.24) is 14.8 Å². The summed E-state index contributed by atoms with van der Waals surface area (Å²) in [6.07, 6.45) is -1.25. The first-order chi connectivity index (χ1) is 15.9. The second-order valence-corrected chi connectivity index (χ2v) is 8.53. The summed E-state index contributed by atoms with van der Waals surface area (Å²) < 4.78 is 58.4. The molecule has 3 aromatic rings. The molecule has 0 saturated carbocycles. The van der Waals surface area contributed by atoms with Crippen LogP contribution in [-0.4, -0.2) is 40.3 Å². The summed E-state index contributed by atoms with van der Waals surface area (Å²) in [4.78, 5) is 0. The van der Waals surface area contributed by atoms with Crippen molar-refractivity contribution in [3.8, 4) is 17.2 Å². The summed E-state index contributed by atoms with van der Waals surface area (Å²) in [6, 6.07) is 12.2. The number of methoxy groups -OCH3 is 1. The van der Waals surface area contributed by atoms with Gasteiger partial charge >= 0.3 is 6.18 Å². The van der Waals surface area contributed by atoms with Gasteiger partial charge in [0.2, 0.25) is 0 Å². The molecule has 2 aromatic carbocycles. The quantitative estimate of drug-likeness (QED) is 0.396. The second-order valence-electron chi connectivity index (χ2n) is 7.55. The molecule has 1 fully saturated rings. The van der Waals surface area contributed by atoms with E-state index in [0.717, 1.165) is 38.0 Å². The van der Waals surface area contributed by atoms with Gasteiger partial charge in [0.1, 0.15) is 18.1 Å². The molecule has 6 nitrogen and oxygen atoms in total. The van der Waals surface area contributed by atoms with E-state index in [1.807, 2.05) is 0 Å². The number of rotatable bonds is 8. The number of alkyl halides is 3. The molecule has 2 heterocycles. The van der Waals surface area contributed by atoms with Crippen molar-refractivity contribution in [2.24, 2.45) is 0 Å². The lowest BCUT2D eigenvalue weighted by Crippen LogP contribution is -2.21. The lowest BCUT2D eigenvalue weighted by atomic mass is 10.1. The van der Waals surface area contributed by atoms with Crippen molar-refractivity contribution in [1.29, 1.82) is 0 Å². The number of hydrogen-bond acceptors (Lipinski definition) is 6. The Balaban J connectivity index is 1.59. The summed E-state index contributed by atoms with van der Waals surface area (Å²) in [7, 11) is 1.57. The predicted octanol–water partition coefficient (Wildman–Crippen LogP) is 5.53. The summed E-state index contributed by atoms with van der Waals surface area (Å²) >= 11 is 1.42. The van der Waals surface area contributed by atoms with Crippen LogP contribution < -0.4 is 9.47 Å². The topological polar surface area (TPSA) is 58.4 Å². The molecule has 33 heavy (non-hydrogen) atoms. The number of nitrogens with zero attached hydrogens (tertiary/aromatic N) is 3. The van der Waals surface area contributed by atoms with Crippen molar-refractivity contribution in [2.75, 3.05) is 19.5 Å². The Morgan fingerprint density at radius 1 is 1.09 bits per heavy atom. The third kappa shape index (κ3) is 6.00. The van der Waals surface area contributed by atoms with E-state index in [2.05, 4.69) is 10.2 Å². The van der Waals surface area contributed by atoms with Gasteiger partial charge in [-0.2, -0.15) is 13.2 Å². The van der Waals surface area contributed by atoms with Crippen molar-refractivity contribution in [2.45, 2.75) is 43.3 Å². The Bertz CT molecular complexity index is 1050. The monoisotopic (exact) mass is 479 g/mol. The SMILES string of the molecule is COc1ccc(OCc2nnc(SCC3CCCCO3)n2-c2cccc(C(F)(F)F)c2)cc1. The largest absolute Gasteiger partial charge is 0.497 e. The predicted molar refractivity (Wildman–Crippen MR) is 118 cm³/mol. The van der Waals surface area contributed by atoms with E-state index in [1.165, 1.54) is 17.8 Å². The van der Waals surface area contributed by atoms with E-state index in [-0.39, 0.29) is 12.7 Å². The molecule has 0 radical (unpaired) electrons. The van der Waals surface area contributed by atoms with Crippen LogP contribution in [0.5, 0.6) is 11.5 Å². The molecule has 1 aromatic heterocycles. The van der Waals surface area contributed by atoms with Crippen LogP contribution in [0.1, 0.15) is 30.7 Å². The Morgan fingerprint density at radius 3 is 2.58 bits per heavy atom.